The number of sulfonamides is 1. The molecule has 0 saturated carbocycles. The lowest BCUT2D eigenvalue weighted by Gasteiger charge is -2.32. The van der Waals surface area contributed by atoms with E-state index < -0.39 is 16.1 Å². The maximum Gasteiger partial charge on any atom is 0.238 e. The van der Waals surface area contributed by atoms with Crippen molar-refractivity contribution in [3.63, 3.8) is 0 Å². The fraction of sp³-hybridized carbons (Fsp3) is 0.917. The number of nitrogens with zero attached hydrogens (tertiary/aromatic N) is 1. The Labute approximate surface area is 110 Å². The van der Waals surface area contributed by atoms with E-state index in [2.05, 4.69) is 19.2 Å². The molecule has 106 valence electrons. The van der Waals surface area contributed by atoms with Crippen LogP contribution in [0.3, 0.4) is 0 Å². The van der Waals surface area contributed by atoms with E-state index in [0.29, 0.717) is 25.4 Å². The molecule has 1 amide bonds. The molecule has 6 heteroatoms. The van der Waals surface area contributed by atoms with Crippen molar-refractivity contribution in [3.8, 4) is 0 Å². The Morgan fingerprint density at radius 1 is 1.39 bits per heavy atom. The highest BCUT2D eigenvalue weighted by Gasteiger charge is 2.34. The molecule has 5 nitrogen and oxygen atoms in total. The van der Waals surface area contributed by atoms with Gasteiger partial charge in [-0.05, 0) is 25.2 Å². The third kappa shape index (κ3) is 4.57. The third-order valence-corrected chi connectivity index (χ3v) is 4.49. The van der Waals surface area contributed by atoms with E-state index in [-0.39, 0.29) is 5.91 Å². The second-order valence-corrected chi connectivity index (χ2v) is 7.29. The van der Waals surface area contributed by atoms with Gasteiger partial charge in [0.25, 0.3) is 0 Å². The molecule has 1 aliphatic rings. The monoisotopic (exact) mass is 276 g/mol. The van der Waals surface area contributed by atoms with Gasteiger partial charge in [0.05, 0.1) is 6.26 Å². The number of carbonyl (C=O) groups excluding carboxylic acids is 1. The van der Waals surface area contributed by atoms with Gasteiger partial charge >= 0.3 is 0 Å². The molecule has 0 bridgehead atoms. The summed E-state index contributed by atoms with van der Waals surface area (Å²) in [4.78, 5) is 12.0. The quantitative estimate of drug-likeness (QED) is 0.813. The zero-order valence-corrected chi connectivity index (χ0v) is 12.3. The van der Waals surface area contributed by atoms with Crippen LogP contribution in [-0.2, 0) is 14.8 Å². The van der Waals surface area contributed by atoms with Gasteiger partial charge in [-0.15, -0.1) is 0 Å². The van der Waals surface area contributed by atoms with Gasteiger partial charge in [-0.3, -0.25) is 4.79 Å². The number of nitrogens with one attached hydrogen (secondary N) is 1. The maximum atomic E-state index is 12.0. The summed E-state index contributed by atoms with van der Waals surface area (Å²) in [6, 6.07) is -0.513. The van der Waals surface area contributed by atoms with Crippen molar-refractivity contribution in [2.75, 3.05) is 19.3 Å². The molecule has 0 aliphatic carbocycles. The first-order valence-electron chi connectivity index (χ1n) is 6.57. The lowest BCUT2D eigenvalue weighted by atomic mass is 10.0. The second-order valence-electron chi connectivity index (χ2n) is 5.36. The van der Waals surface area contributed by atoms with Gasteiger partial charge in [0.15, 0.2) is 0 Å². The first-order valence-corrected chi connectivity index (χ1v) is 8.41. The summed E-state index contributed by atoms with van der Waals surface area (Å²) in [6.07, 6.45) is 4.46. The number of piperidine rings is 1. The Balaban J connectivity index is 2.58. The van der Waals surface area contributed by atoms with Crippen molar-refractivity contribution in [2.24, 2.45) is 5.92 Å². The van der Waals surface area contributed by atoms with E-state index in [1.165, 1.54) is 10.6 Å². The van der Waals surface area contributed by atoms with E-state index >= 15 is 0 Å². The Kier molecular flexibility index (Phi) is 5.59. The van der Waals surface area contributed by atoms with Crippen LogP contribution in [0.5, 0.6) is 0 Å². The van der Waals surface area contributed by atoms with Crippen LogP contribution in [0.15, 0.2) is 0 Å². The van der Waals surface area contributed by atoms with Crippen LogP contribution in [0, 0.1) is 5.92 Å². The van der Waals surface area contributed by atoms with Crippen LogP contribution in [0.4, 0.5) is 0 Å². The van der Waals surface area contributed by atoms with Crippen LogP contribution in [-0.4, -0.2) is 44.0 Å². The highest BCUT2D eigenvalue weighted by atomic mass is 32.2. The van der Waals surface area contributed by atoms with E-state index in [4.69, 9.17) is 0 Å². The molecule has 0 spiro atoms. The van der Waals surface area contributed by atoms with Gasteiger partial charge in [-0.2, -0.15) is 4.31 Å². The zero-order chi connectivity index (χ0) is 13.8. The average Bonchev–Trinajstić information content (AvgIpc) is 2.27. The van der Waals surface area contributed by atoms with Crippen LogP contribution in [0.2, 0.25) is 0 Å². The lowest BCUT2D eigenvalue weighted by Crippen LogP contribution is -2.51. The van der Waals surface area contributed by atoms with Gasteiger partial charge < -0.3 is 5.32 Å². The Bertz CT molecular complexity index is 379. The molecule has 1 atom stereocenters. The van der Waals surface area contributed by atoms with Crippen molar-refractivity contribution >= 4 is 15.9 Å². The minimum absolute atomic E-state index is 0.152. The van der Waals surface area contributed by atoms with Crippen molar-refractivity contribution in [1.29, 1.82) is 0 Å². The van der Waals surface area contributed by atoms with E-state index in [9.17, 15) is 13.2 Å². The van der Waals surface area contributed by atoms with Crippen molar-refractivity contribution < 1.29 is 13.2 Å². The highest BCUT2D eigenvalue weighted by molar-refractivity contribution is 7.88. The topological polar surface area (TPSA) is 66.5 Å². The molecule has 18 heavy (non-hydrogen) atoms. The van der Waals surface area contributed by atoms with Gasteiger partial charge in [-0.1, -0.05) is 20.3 Å². The van der Waals surface area contributed by atoms with Gasteiger partial charge in [0.2, 0.25) is 15.9 Å². The van der Waals surface area contributed by atoms with Crippen LogP contribution in [0.1, 0.15) is 39.5 Å². The Morgan fingerprint density at radius 2 is 2.06 bits per heavy atom. The van der Waals surface area contributed by atoms with E-state index in [1.54, 1.807) is 0 Å². The molecule has 1 heterocycles. The molecule has 1 rings (SSSR count). The number of carbonyl (C=O) groups is 1. The highest BCUT2D eigenvalue weighted by Crippen LogP contribution is 2.19. The molecular formula is C12H24N2O3S. The molecule has 0 radical (unpaired) electrons. The minimum atomic E-state index is -3.29. The molecule has 0 unspecified atom stereocenters. The van der Waals surface area contributed by atoms with Gasteiger partial charge in [-0.25, -0.2) is 8.42 Å². The molecule has 1 fully saturated rings. The molecule has 0 aromatic heterocycles. The number of hydrogen-bond donors (Lipinski definition) is 1. The fourth-order valence-electron chi connectivity index (χ4n) is 2.17. The summed E-state index contributed by atoms with van der Waals surface area (Å²) >= 11 is 0. The summed E-state index contributed by atoms with van der Waals surface area (Å²) in [5, 5.41) is 2.84. The number of hydrogen-bond acceptors (Lipinski definition) is 3. The summed E-state index contributed by atoms with van der Waals surface area (Å²) in [6.45, 7) is 5.26. The molecular weight excluding hydrogens is 252 g/mol. The van der Waals surface area contributed by atoms with Gasteiger partial charge in [0, 0.05) is 13.1 Å². The summed E-state index contributed by atoms with van der Waals surface area (Å²) < 4.78 is 24.6. The molecule has 1 saturated heterocycles. The Hall–Kier alpha value is -0.620. The van der Waals surface area contributed by atoms with E-state index in [0.717, 1.165) is 19.3 Å². The number of amides is 1. The Morgan fingerprint density at radius 3 is 2.61 bits per heavy atom. The first-order chi connectivity index (χ1) is 8.32. The first kappa shape index (κ1) is 15.4. The van der Waals surface area contributed by atoms with Gasteiger partial charge in [0.1, 0.15) is 6.04 Å². The lowest BCUT2D eigenvalue weighted by molar-refractivity contribution is -0.125. The summed E-state index contributed by atoms with van der Waals surface area (Å²) in [5.74, 6) is 0.378. The number of rotatable bonds is 5. The maximum absolute atomic E-state index is 12.0. The predicted octanol–water partition coefficient (Wildman–Crippen LogP) is 0.963. The van der Waals surface area contributed by atoms with Crippen molar-refractivity contribution in [3.05, 3.63) is 0 Å². The third-order valence-electron chi connectivity index (χ3n) is 3.20. The standard InChI is InChI=1S/C12H24N2O3S/c1-10(2)7-8-13-12(15)11-6-4-5-9-14(11)18(3,16)17/h10-11H,4-9H2,1-3H3,(H,13,15)/t11-/m0/s1. The molecule has 1 N–H and O–H groups in total. The van der Waals surface area contributed by atoms with Crippen molar-refractivity contribution in [2.45, 2.75) is 45.6 Å². The second kappa shape index (κ2) is 6.52. The normalized spacial score (nSPS) is 22.1. The molecule has 1 aliphatic heterocycles. The minimum Gasteiger partial charge on any atom is -0.355 e. The summed E-state index contributed by atoms with van der Waals surface area (Å²) in [7, 11) is -3.29. The summed E-state index contributed by atoms with van der Waals surface area (Å²) in [5.41, 5.74) is 0. The molecule has 0 aromatic rings. The SMILES string of the molecule is CC(C)CCNC(=O)[C@@H]1CCCCN1S(C)(=O)=O. The zero-order valence-electron chi connectivity index (χ0n) is 11.5. The van der Waals surface area contributed by atoms with Crippen LogP contribution < -0.4 is 5.32 Å². The van der Waals surface area contributed by atoms with E-state index in [1.807, 2.05) is 0 Å². The van der Waals surface area contributed by atoms with Crippen molar-refractivity contribution in [1.82, 2.24) is 9.62 Å². The largest absolute Gasteiger partial charge is 0.355 e. The van der Waals surface area contributed by atoms with Crippen LogP contribution >= 0.6 is 0 Å². The smallest absolute Gasteiger partial charge is 0.238 e. The fourth-order valence-corrected chi connectivity index (χ4v) is 3.29. The average molecular weight is 276 g/mol. The van der Waals surface area contributed by atoms with Crippen LogP contribution in [0.25, 0.3) is 0 Å². The predicted molar refractivity (Wildman–Crippen MR) is 71.7 cm³/mol. The molecule has 0 aromatic carbocycles.